The van der Waals surface area contributed by atoms with Crippen molar-refractivity contribution in [1.29, 1.82) is 0 Å². The molecule has 0 aliphatic heterocycles. The summed E-state index contributed by atoms with van der Waals surface area (Å²) in [4.78, 5) is 20.8. The summed E-state index contributed by atoms with van der Waals surface area (Å²) in [5, 5.41) is 6.41. The quantitative estimate of drug-likeness (QED) is 0.625. The molecule has 7 nitrogen and oxygen atoms in total. The molecule has 0 radical (unpaired) electrons. The van der Waals surface area contributed by atoms with E-state index in [1.165, 1.54) is 13.4 Å². The average molecular weight is 399 g/mol. The Kier molecular flexibility index (Phi) is 6.29. The number of nitrogens with one attached hydrogen (secondary N) is 2. The van der Waals surface area contributed by atoms with Crippen molar-refractivity contribution in [2.45, 2.75) is 6.54 Å². The first-order valence-electron chi connectivity index (χ1n) is 8.43. The molecule has 8 heteroatoms. The van der Waals surface area contributed by atoms with Crippen LogP contribution in [-0.2, 0) is 6.54 Å². The van der Waals surface area contributed by atoms with Gasteiger partial charge in [0.25, 0.3) is 5.91 Å². The summed E-state index contributed by atoms with van der Waals surface area (Å²) < 4.78 is 10.6. The second-order valence-electron chi connectivity index (χ2n) is 5.75. The molecule has 0 fully saturated rings. The lowest BCUT2D eigenvalue weighted by atomic mass is 10.2. The number of para-hydroxylation sites is 1. The summed E-state index contributed by atoms with van der Waals surface area (Å²) in [5.74, 6) is 1.39. The minimum absolute atomic E-state index is 0.208. The highest BCUT2D eigenvalue weighted by Crippen LogP contribution is 2.28. The van der Waals surface area contributed by atoms with Gasteiger partial charge in [0.2, 0.25) is 0 Å². The Balaban J connectivity index is 1.72. The molecule has 3 aromatic rings. The number of rotatable bonds is 7. The predicted molar refractivity (Wildman–Crippen MR) is 108 cm³/mol. The molecule has 1 amide bonds. The van der Waals surface area contributed by atoms with Crippen molar-refractivity contribution in [3.8, 4) is 11.5 Å². The van der Waals surface area contributed by atoms with Gasteiger partial charge >= 0.3 is 0 Å². The van der Waals surface area contributed by atoms with Crippen molar-refractivity contribution < 1.29 is 14.3 Å². The standard InChI is InChI=1S/C20H19ClN4O3/c1-27-17-6-4-3-5-13(17)11-22-19-10-16(23-12-24-19)20(26)25-15-9-14(21)7-8-18(15)28-2/h3-10,12H,11H2,1-2H3,(H,25,26)(H,22,23,24). The largest absolute Gasteiger partial charge is 0.496 e. The molecule has 0 saturated heterocycles. The molecule has 0 atom stereocenters. The second kappa shape index (κ2) is 9.05. The fourth-order valence-electron chi connectivity index (χ4n) is 2.58. The molecular formula is C20H19ClN4O3. The van der Waals surface area contributed by atoms with Crippen molar-refractivity contribution in [2.75, 3.05) is 24.9 Å². The molecule has 1 heterocycles. The summed E-state index contributed by atoms with van der Waals surface area (Å²) >= 11 is 6.00. The zero-order chi connectivity index (χ0) is 19.9. The number of aromatic nitrogens is 2. The Morgan fingerprint density at radius 1 is 1.04 bits per heavy atom. The van der Waals surface area contributed by atoms with Gasteiger partial charge in [0, 0.05) is 23.2 Å². The van der Waals surface area contributed by atoms with Gasteiger partial charge in [0.05, 0.1) is 19.9 Å². The van der Waals surface area contributed by atoms with Gasteiger partial charge in [-0.1, -0.05) is 29.8 Å². The Morgan fingerprint density at radius 3 is 2.61 bits per heavy atom. The van der Waals surface area contributed by atoms with Crippen LogP contribution in [0.1, 0.15) is 16.1 Å². The lowest BCUT2D eigenvalue weighted by Crippen LogP contribution is -2.15. The predicted octanol–water partition coefficient (Wildman–Crippen LogP) is 4.01. The first kappa shape index (κ1) is 19.4. The Labute approximate surface area is 167 Å². The molecule has 1 aromatic heterocycles. The van der Waals surface area contributed by atoms with Gasteiger partial charge in [0.1, 0.15) is 29.3 Å². The molecule has 3 rings (SSSR count). The lowest BCUT2D eigenvalue weighted by Gasteiger charge is -2.12. The molecule has 0 saturated carbocycles. The minimum atomic E-state index is -0.400. The summed E-state index contributed by atoms with van der Waals surface area (Å²) in [6, 6.07) is 14.2. The van der Waals surface area contributed by atoms with Gasteiger partial charge in [-0.3, -0.25) is 4.79 Å². The molecule has 0 unspecified atom stereocenters. The number of nitrogens with zero attached hydrogens (tertiary/aromatic N) is 2. The zero-order valence-electron chi connectivity index (χ0n) is 15.4. The number of carbonyl (C=O) groups is 1. The first-order chi connectivity index (χ1) is 13.6. The lowest BCUT2D eigenvalue weighted by molar-refractivity contribution is 0.102. The van der Waals surface area contributed by atoms with Crippen molar-refractivity contribution in [2.24, 2.45) is 0 Å². The number of carbonyl (C=O) groups excluding carboxylic acids is 1. The van der Waals surface area contributed by atoms with Crippen LogP contribution in [-0.4, -0.2) is 30.1 Å². The number of ether oxygens (including phenoxy) is 2. The first-order valence-corrected chi connectivity index (χ1v) is 8.81. The van der Waals surface area contributed by atoms with Crippen molar-refractivity contribution in [3.63, 3.8) is 0 Å². The highest BCUT2D eigenvalue weighted by Gasteiger charge is 2.13. The van der Waals surface area contributed by atoms with Crippen molar-refractivity contribution in [1.82, 2.24) is 9.97 Å². The monoisotopic (exact) mass is 398 g/mol. The normalized spacial score (nSPS) is 10.2. The van der Waals surface area contributed by atoms with Crippen molar-refractivity contribution in [3.05, 3.63) is 71.1 Å². The van der Waals surface area contributed by atoms with E-state index in [-0.39, 0.29) is 5.69 Å². The SMILES string of the molecule is COc1ccccc1CNc1cc(C(=O)Nc2cc(Cl)ccc2OC)ncn1. The Hall–Kier alpha value is -3.32. The summed E-state index contributed by atoms with van der Waals surface area (Å²) in [5.41, 5.74) is 1.64. The van der Waals surface area contributed by atoms with E-state index >= 15 is 0 Å². The fraction of sp³-hybridized carbons (Fsp3) is 0.150. The number of anilines is 2. The maximum absolute atomic E-state index is 12.6. The third-order valence-corrected chi connectivity index (χ3v) is 4.20. The number of methoxy groups -OCH3 is 2. The molecule has 2 N–H and O–H groups in total. The molecule has 28 heavy (non-hydrogen) atoms. The van der Waals surface area contributed by atoms with E-state index in [0.717, 1.165) is 11.3 Å². The fourth-order valence-corrected chi connectivity index (χ4v) is 2.75. The van der Waals surface area contributed by atoms with Crippen molar-refractivity contribution >= 4 is 29.0 Å². The van der Waals surface area contributed by atoms with E-state index in [1.54, 1.807) is 31.4 Å². The van der Waals surface area contributed by atoms with E-state index in [2.05, 4.69) is 20.6 Å². The molecule has 0 bridgehead atoms. The van der Waals surface area contributed by atoms with Crippen LogP contribution in [0.2, 0.25) is 5.02 Å². The van der Waals surface area contributed by atoms with Gasteiger partial charge in [-0.15, -0.1) is 0 Å². The average Bonchev–Trinajstić information content (AvgIpc) is 2.73. The Morgan fingerprint density at radius 2 is 1.82 bits per heavy atom. The highest BCUT2D eigenvalue weighted by atomic mass is 35.5. The topological polar surface area (TPSA) is 85.4 Å². The number of hydrogen-bond donors (Lipinski definition) is 2. The third kappa shape index (κ3) is 4.69. The van der Waals surface area contributed by atoms with Crippen LogP contribution < -0.4 is 20.1 Å². The van der Waals surface area contributed by atoms with E-state index in [1.807, 2.05) is 24.3 Å². The van der Waals surface area contributed by atoms with E-state index in [4.69, 9.17) is 21.1 Å². The number of benzene rings is 2. The molecule has 0 aliphatic carbocycles. The number of hydrogen-bond acceptors (Lipinski definition) is 6. The van der Waals surface area contributed by atoms with Gasteiger partial charge in [-0.25, -0.2) is 9.97 Å². The molecule has 2 aromatic carbocycles. The molecule has 0 aliphatic rings. The summed E-state index contributed by atoms with van der Waals surface area (Å²) in [6.07, 6.45) is 1.33. The maximum Gasteiger partial charge on any atom is 0.274 e. The van der Waals surface area contributed by atoms with E-state index in [0.29, 0.717) is 28.8 Å². The van der Waals surface area contributed by atoms with Gasteiger partial charge < -0.3 is 20.1 Å². The maximum atomic E-state index is 12.6. The van der Waals surface area contributed by atoms with Gasteiger partial charge in [-0.2, -0.15) is 0 Å². The highest BCUT2D eigenvalue weighted by molar-refractivity contribution is 6.31. The van der Waals surface area contributed by atoms with Crippen LogP contribution in [0, 0.1) is 0 Å². The summed E-state index contributed by atoms with van der Waals surface area (Å²) in [7, 11) is 3.14. The van der Waals surface area contributed by atoms with Gasteiger partial charge in [-0.05, 0) is 24.3 Å². The second-order valence-corrected chi connectivity index (χ2v) is 6.19. The minimum Gasteiger partial charge on any atom is -0.496 e. The van der Waals surface area contributed by atoms with Crippen LogP contribution in [0.3, 0.4) is 0 Å². The van der Waals surface area contributed by atoms with Crippen LogP contribution >= 0.6 is 11.6 Å². The molecular weight excluding hydrogens is 380 g/mol. The zero-order valence-corrected chi connectivity index (χ0v) is 16.2. The smallest absolute Gasteiger partial charge is 0.274 e. The van der Waals surface area contributed by atoms with E-state index in [9.17, 15) is 4.79 Å². The Bertz CT molecular complexity index is 981. The summed E-state index contributed by atoms with van der Waals surface area (Å²) in [6.45, 7) is 0.490. The van der Waals surface area contributed by atoms with E-state index < -0.39 is 5.91 Å². The van der Waals surface area contributed by atoms with Crippen LogP contribution in [0.15, 0.2) is 54.9 Å². The third-order valence-electron chi connectivity index (χ3n) is 3.96. The number of halogens is 1. The van der Waals surface area contributed by atoms with Crippen LogP contribution in [0.4, 0.5) is 11.5 Å². The van der Waals surface area contributed by atoms with Crippen LogP contribution in [0.5, 0.6) is 11.5 Å². The number of amides is 1. The molecule has 144 valence electrons. The van der Waals surface area contributed by atoms with Crippen LogP contribution in [0.25, 0.3) is 0 Å². The van der Waals surface area contributed by atoms with Gasteiger partial charge in [0.15, 0.2) is 0 Å². The molecule has 0 spiro atoms.